The van der Waals surface area contributed by atoms with Gasteiger partial charge in [0.1, 0.15) is 0 Å². The van der Waals surface area contributed by atoms with Gasteiger partial charge in [-0.05, 0) is 28.8 Å². The smallest absolute Gasteiger partial charge is 0.200 e. The zero-order valence-electron chi connectivity index (χ0n) is 7.97. The fraction of sp³-hybridized carbons (Fsp3) is 0.200. The van der Waals surface area contributed by atoms with Crippen molar-refractivity contribution < 1.29 is 13.5 Å². The molecule has 0 aliphatic carbocycles. The molecule has 3 N–H and O–H groups in total. The van der Waals surface area contributed by atoms with Gasteiger partial charge in [-0.3, -0.25) is 0 Å². The maximum atomic E-state index is 11.6. The Morgan fingerprint density at radius 1 is 1.33 bits per heavy atom. The molecule has 0 atom stereocenters. The van der Waals surface area contributed by atoms with Crippen LogP contribution >= 0.6 is 0 Å². The van der Waals surface area contributed by atoms with Crippen LogP contribution in [0.1, 0.15) is 11.1 Å². The highest BCUT2D eigenvalue weighted by Gasteiger charge is 2.26. The summed E-state index contributed by atoms with van der Waals surface area (Å²) in [5, 5.41) is 10.2. The highest BCUT2D eigenvalue weighted by atomic mass is 32.2. The highest BCUT2D eigenvalue weighted by Crippen LogP contribution is 2.33. The van der Waals surface area contributed by atoms with Crippen molar-refractivity contribution in [3.8, 4) is 0 Å². The molecule has 0 radical (unpaired) electrons. The van der Waals surface area contributed by atoms with E-state index in [1.54, 1.807) is 12.1 Å². The molecule has 1 aromatic rings. The topological polar surface area (TPSA) is 80.4 Å². The molecule has 2 rings (SSSR count). The second-order valence-corrected chi connectivity index (χ2v) is 5.15. The lowest BCUT2D eigenvalue weighted by Gasteiger charge is -2.04. The molecule has 0 saturated heterocycles. The number of sulfone groups is 1. The number of hydrogen-bond acceptors (Lipinski definition) is 4. The van der Waals surface area contributed by atoms with Crippen LogP contribution in [0.5, 0.6) is 0 Å². The summed E-state index contributed by atoms with van der Waals surface area (Å²) in [5.41, 5.74) is 7.32. The predicted octanol–water partition coefficient (Wildman–Crippen LogP) is 0.266. The lowest BCUT2D eigenvalue weighted by molar-refractivity contribution is 0.350. The number of aliphatic hydroxyl groups excluding tert-OH is 1. The molecule has 0 unspecified atom stereocenters. The van der Waals surface area contributed by atoms with Crippen molar-refractivity contribution in [1.29, 1.82) is 0 Å². The molecule has 0 aromatic heterocycles. The van der Waals surface area contributed by atoms with Crippen molar-refractivity contribution in [2.75, 3.05) is 6.61 Å². The summed E-state index contributed by atoms with van der Waals surface area (Å²) in [6, 6.07) is 4.93. The van der Waals surface area contributed by atoms with Gasteiger partial charge in [-0.2, -0.15) is 0 Å². The summed E-state index contributed by atoms with van der Waals surface area (Å²) in [4.78, 5) is 0.253. The van der Waals surface area contributed by atoms with Crippen LogP contribution in [0.4, 0.5) is 0 Å². The third-order valence-electron chi connectivity index (χ3n) is 2.40. The van der Waals surface area contributed by atoms with Crippen molar-refractivity contribution in [2.24, 2.45) is 5.73 Å². The van der Waals surface area contributed by atoms with Gasteiger partial charge in [0.2, 0.25) is 9.84 Å². The number of aliphatic hydroxyl groups is 1. The van der Waals surface area contributed by atoms with E-state index in [4.69, 9.17) is 10.8 Å². The molecule has 1 aromatic carbocycles. The second-order valence-electron chi connectivity index (χ2n) is 3.38. The maximum Gasteiger partial charge on any atom is 0.200 e. The molecule has 1 heterocycles. The average molecular weight is 225 g/mol. The van der Waals surface area contributed by atoms with Crippen molar-refractivity contribution in [1.82, 2.24) is 0 Å². The zero-order valence-corrected chi connectivity index (χ0v) is 8.79. The molecule has 5 heteroatoms. The minimum Gasteiger partial charge on any atom is -0.392 e. The van der Waals surface area contributed by atoms with Gasteiger partial charge in [-0.1, -0.05) is 6.07 Å². The summed E-state index contributed by atoms with van der Waals surface area (Å²) in [6.45, 7) is 0.0757. The fourth-order valence-electron chi connectivity index (χ4n) is 1.64. The molecule has 0 spiro atoms. The van der Waals surface area contributed by atoms with Gasteiger partial charge in [0, 0.05) is 12.0 Å². The Morgan fingerprint density at radius 2 is 2.07 bits per heavy atom. The van der Waals surface area contributed by atoms with Gasteiger partial charge in [-0.15, -0.1) is 0 Å². The van der Waals surface area contributed by atoms with Gasteiger partial charge in [0.25, 0.3) is 0 Å². The maximum absolute atomic E-state index is 11.6. The van der Waals surface area contributed by atoms with Crippen LogP contribution in [-0.2, 0) is 16.4 Å². The SMILES string of the molecule is NCc1ccc2c(c1)C(CO)=CS2(=O)=O. The van der Waals surface area contributed by atoms with E-state index in [1.807, 2.05) is 0 Å². The number of rotatable bonds is 2. The third kappa shape index (κ3) is 1.58. The number of benzene rings is 1. The Bertz CT molecular complexity index is 532. The van der Waals surface area contributed by atoms with Crippen molar-refractivity contribution in [2.45, 2.75) is 11.4 Å². The zero-order chi connectivity index (χ0) is 11.1. The monoisotopic (exact) mass is 225 g/mol. The first-order valence-corrected chi connectivity index (χ1v) is 6.03. The molecule has 0 bridgehead atoms. The average Bonchev–Trinajstić information content (AvgIpc) is 2.50. The lowest BCUT2D eigenvalue weighted by atomic mass is 10.1. The van der Waals surface area contributed by atoms with E-state index < -0.39 is 9.84 Å². The molecule has 1 aliphatic heterocycles. The minimum atomic E-state index is -3.35. The predicted molar refractivity (Wildman–Crippen MR) is 56.6 cm³/mol. The lowest BCUT2D eigenvalue weighted by Crippen LogP contribution is -1.99. The number of hydrogen-bond donors (Lipinski definition) is 2. The first-order chi connectivity index (χ1) is 7.08. The van der Waals surface area contributed by atoms with Crippen LogP contribution in [0.15, 0.2) is 28.5 Å². The molecular formula is C10H11NO3S. The van der Waals surface area contributed by atoms with Crippen LogP contribution in [0.25, 0.3) is 5.57 Å². The van der Waals surface area contributed by atoms with Crippen LogP contribution in [0, 0.1) is 0 Å². The largest absolute Gasteiger partial charge is 0.392 e. The Labute approximate surface area is 88.0 Å². The van der Waals surface area contributed by atoms with Gasteiger partial charge in [0.05, 0.1) is 11.5 Å². The normalized spacial score (nSPS) is 17.3. The van der Waals surface area contributed by atoms with Gasteiger partial charge >= 0.3 is 0 Å². The van der Waals surface area contributed by atoms with Crippen LogP contribution in [0.3, 0.4) is 0 Å². The van der Waals surface area contributed by atoms with E-state index in [-0.39, 0.29) is 11.5 Å². The summed E-state index contributed by atoms with van der Waals surface area (Å²) < 4.78 is 23.2. The van der Waals surface area contributed by atoms with E-state index in [0.29, 0.717) is 17.7 Å². The molecule has 0 saturated carbocycles. The van der Waals surface area contributed by atoms with Crippen molar-refractivity contribution >= 4 is 15.4 Å². The van der Waals surface area contributed by atoms with E-state index in [0.717, 1.165) is 11.0 Å². The molecule has 0 fully saturated rings. The fourth-order valence-corrected chi connectivity index (χ4v) is 3.10. The summed E-state index contributed by atoms with van der Waals surface area (Å²) in [7, 11) is -3.35. The Hall–Kier alpha value is -1.17. The van der Waals surface area contributed by atoms with Crippen molar-refractivity contribution in [3.63, 3.8) is 0 Å². The van der Waals surface area contributed by atoms with Gasteiger partial charge in [-0.25, -0.2) is 8.42 Å². The second kappa shape index (κ2) is 3.44. The first-order valence-electron chi connectivity index (χ1n) is 4.48. The minimum absolute atomic E-state index is 0.253. The van der Waals surface area contributed by atoms with Crippen molar-refractivity contribution in [3.05, 3.63) is 34.7 Å². The van der Waals surface area contributed by atoms with E-state index in [1.165, 1.54) is 6.07 Å². The molecular weight excluding hydrogens is 214 g/mol. The molecule has 4 nitrogen and oxygen atoms in total. The first kappa shape index (κ1) is 10.4. The van der Waals surface area contributed by atoms with Crippen LogP contribution < -0.4 is 5.73 Å². The van der Waals surface area contributed by atoms with Crippen LogP contribution in [0.2, 0.25) is 0 Å². The standard InChI is InChI=1S/C10H11NO3S/c11-4-7-1-2-10-9(3-7)8(5-12)6-15(10,13)14/h1-3,6,12H,4-5,11H2. The summed E-state index contributed by atoms with van der Waals surface area (Å²) in [6.07, 6.45) is 0. The molecule has 1 aliphatic rings. The number of fused-ring (bicyclic) bond motifs is 1. The summed E-state index contributed by atoms with van der Waals surface area (Å²) >= 11 is 0. The molecule has 15 heavy (non-hydrogen) atoms. The third-order valence-corrected chi connectivity index (χ3v) is 3.96. The molecule has 0 amide bonds. The Balaban J connectivity index is 2.68. The quantitative estimate of drug-likeness (QED) is 0.757. The molecule has 80 valence electrons. The van der Waals surface area contributed by atoms with Crippen LogP contribution in [-0.4, -0.2) is 20.1 Å². The van der Waals surface area contributed by atoms with Gasteiger partial charge in [0.15, 0.2) is 0 Å². The summed E-state index contributed by atoms with van der Waals surface area (Å²) in [5.74, 6) is 0. The van der Waals surface area contributed by atoms with Gasteiger partial charge < -0.3 is 10.8 Å². The number of nitrogens with two attached hydrogens (primary N) is 1. The Morgan fingerprint density at radius 3 is 2.67 bits per heavy atom. The van der Waals surface area contributed by atoms with E-state index in [9.17, 15) is 8.42 Å². The Kier molecular flexibility index (Phi) is 2.38. The van der Waals surface area contributed by atoms with E-state index in [2.05, 4.69) is 0 Å². The van der Waals surface area contributed by atoms with E-state index >= 15 is 0 Å². The highest BCUT2D eigenvalue weighted by molar-refractivity contribution is 7.95.